The van der Waals surface area contributed by atoms with Crippen molar-refractivity contribution in [1.82, 2.24) is 4.90 Å². The third-order valence-electron chi connectivity index (χ3n) is 6.39. The molecule has 0 aromatic heterocycles. The second-order valence-corrected chi connectivity index (χ2v) is 9.75. The molecule has 0 fully saturated rings. The monoisotopic (exact) mass is 621 g/mol. The molecule has 0 aliphatic rings. The van der Waals surface area contributed by atoms with E-state index >= 15 is 0 Å². The Balaban J connectivity index is 1.54. The summed E-state index contributed by atoms with van der Waals surface area (Å²) in [6.45, 7) is 3.05. The molecule has 0 spiro atoms. The van der Waals surface area contributed by atoms with Crippen molar-refractivity contribution >= 4 is 12.1 Å². The number of carboxylic acid groups (broad SMARTS) is 1. The molecule has 3 aromatic carbocycles. The molecule has 8 nitrogen and oxygen atoms in total. The van der Waals surface area contributed by atoms with E-state index in [2.05, 4.69) is 0 Å². The molecule has 0 aliphatic carbocycles. The number of hydrogen-bond acceptors (Lipinski definition) is 6. The lowest BCUT2D eigenvalue weighted by atomic mass is 10.1. The highest BCUT2D eigenvalue weighted by molar-refractivity contribution is 5.72. The molecule has 12 heteroatoms. The van der Waals surface area contributed by atoms with Crippen LogP contribution in [0.25, 0.3) is 0 Å². The third kappa shape index (κ3) is 11.8. The first-order valence-electron chi connectivity index (χ1n) is 14.1. The largest absolute Gasteiger partial charge is 0.492 e. The fraction of sp³-hybridized carbons (Fsp3) is 0.375. The normalized spacial score (nSPS) is 12.0. The number of alkyl halides is 3. The van der Waals surface area contributed by atoms with E-state index in [4.69, 9.17) is 18.9 Å². The van der Waals surface area contributed by atoms with Gasteiger partial charge in [0, 0.05) is 26.2 Å². The molecule has 3 aromatic rings. The van der Waals surface area contributed by atoms with Crippen molar-refractivity contribution in [2.75, 3.05) is 32.9 Å². The molecule has 0 heterocycles. The summed E-state index contributed by atoms with van der Waals surface area (Å²) in [5.41, 5.74) is 0.625. The predicted octanol–water partition coefficient (Wildman–Crippen LogP) is 6.75. The minimum atomic E-state index is -4.59. The van der Waals surface area contributed by atoms with Crippen LogP contribution >= 0.6 is 0 Å². The zero-order valence-electron chi connectivity index (χ0n) is 24.2. The Morgan fingerprint density at radius 2 is 1.59 bits per heavy atom. The van der Waals surface area contributed by atoms with Gasteiger partial charge in [-0.25, -0.2) is 14.0 Å². The summed E-state index contributed by atoms with van der Waals surface area (Å²) in [4.78, 5) is 25.6. The molecular formula is C32H35F4NO7. The maximum absolute atomic E-state index is 13.1. The number of amides is 1. The number of ether oxygens (including phenoxy) is 4. The van der Waals surface area contributed by atoms with Crippen LogP contribution in [0, 0.1) is 5.82 Å². The Hall–Kier alpha value is -4.16. The topological polar surface area (TPSA) is 94.5 Å². The Morgan fingerprint density at radius 3 is 2.25 bits per heavy atom. The van der Waals surface area contributed by atoms with Crippen molar-refractivity contribution in [3.8, 4) is 11.5 Å². The minimum absolute atomic E-state index is 0.0643. The molecule has 0 saturated carbocycles. The Morgan fingerprint density at radius 1 is 0.886 bits per heavy atom. The number of unbranched alkanes of at least 4 members (excludes halogenated alkanes) is 1. The molecule has 1 unspecified atom stereocenters. The van der Waals surface area contributed by atoms with Gasteiger partial charge in [0.2, 0.25) is 0 Å². The molecule has 1 atom stereocenters. The van der Waals surface area contributed by atoms with Gasteiger partial charge >= 0.3 is 18.2 Å². The highest BCUT2D eigenvalue weighted by atomic mass is 19.4. The van der Waals surface area contributed by atoms with E-state index in [-0.39, 0.29) is 44.3 Å². The zero-order chi connectivity index (χ0) is 32.0. The summed E-state index contributed by atoms with van der Waals surface area (Å²) in [5.74, 6) is -1.14. The van der Waals surface area contributed by atoms with Crippen molar-refractivity contribution < 1.29 is 51.2 Å². The number of benzene rings is 3. The second-order valence-electron chi connectivity index (χ2n) is 9.75. The zero-order valence-corrected chi connectivity index (χ0v) is 24.2. The van der Waals surface area contributed by atoms with Crippen LogP contribution in [-0.2, 0) is 33.5 Å². The van der Waals surface area contributed by atoms with Gasteiger partial charge in [-0.15, -0.1) is 0 Å². The van der Waals surface area contributed by atoms with Crippen LogP contribution in [0.3, 0.4) is 0 Å². The van der Waals surface area contributed by atoms with Gasteiger partial charge in [0.15, 0.2) is 6.10 Å². The second kappa shape index (κ2) is 17.2. The van der Waals surface area contributed by atoms with Crippen LogP contribution in [0.4, 0.5) is 22.4 Å². The lowest BCUT2D eigenvalue weighted by Gasteiger charge is -2.22. The van der Waals surface area contributed by atoms with Gasteiger partial charge in [-0.05, 0) is 73.4 Å². The number of halogens is 4. The SMILES string of the molecule is CCOC(Cc1ccc(OCCN(CCCCOCc2ccc(F)cc2)C(=O)Oc2cccc(C(F)(F)F)c2)cc1)C(=O)O. The number of nitrogens with zero attached hydrogens (tertiary/aromatic N) is 1. The third-order valence-corrected chi connectivity index (χ3v) is 6.39. The van der Waals surface area contributed by atoms with Gasteiger partial charge in [0.1, 0.15) is 23.9 Å². The van der Waals surface area contributed by atoms with E-state index in [1.807, 2.05) is 0 Å². The molecule has 1 N–H and O–H groups in total. The van der Waals surface area contributed by atoms with Crippen LogP contribution in [0.5, 0.6) is 11.5 Å². The van der Waals surface area contributed by atoms with Crippen LogP contribution in [0.1, 0.15) is 36.5 Å². The van der Waals surface area contributed by atoms with Crippen molar-refractivity contribution in [2.45, 2.75) is 45.1 Å². The number of carbonyl (C=O) groups excluding carboxylic acids is 1. The van der Waals surface area contributed by atoms with Gasteiger partial charge in [0.05, 0.1) is 18.7 Å². The first-order chi connectivity index (χ1) is 21.0. The van der Waals surface area contributed by atoms with Gasteiger partial charge < -0.3 is 29.0 Å². The minimum Gasteiger partial charge on any atom is -0.492 e. The van der Waals surface area contributed by atoms with Crippen LogP contribution < -0.4 is 9.47 Å². The van der Waals surface area contributed by atoms with Crippen molar-refractivity contribution in [2.24, 2.45) is 0 Å². The molecule has 0 aliphatic heterocycles. The summed E-state index contributed by atoms with van der Waals surface area (Å²) in [6.07, 6.45) is -5.10. The van der Waals surface area contributed by atoms with E-state index in [1.54, 1.807) is 43.3 Å². The fourth-order valence-electron chi connectivity index (χ4n) is 4.10. The summed E-state index contributed by atoms with van der Waals surface area (Å²) in [6, 6.07) is 16.8. The lowest BCUT2D eigenvalue weighted by molar-refractivity contribution is -0.150. The Bertz CT molecular complexity index is 1320. The molecule has 0 bridgehead atoms. The van der Waals surface area contributed by atoms with Gasteiger partial charge in [-0.3, -0.25) is 0 Å². The first kappa shape index (κ1) is 34.3. The molecule has 3 rings (SSSR count). The first-order valence-corrected chi connectivity index (χ1v) is 14.1. The fourth-order valence-corrected chi connectivity index (χ4v) is 4.10. The van der Waals surface area contributed by atoms with Crippen LogP contribution in [0.2, 0.25) is 0 Å². The van der Waals surface area contributed by atoms with Gasteiger partial charge in [-0.1, -0.05) is 30.3 Å². The molecule has 238 valence electrons. The van der Waals surface area contributed by atoms with Crippen LogP contribution in [0.15, 0.2) is 72.8 Å². The number of aliphatic carboxylic acids is 1. The highest BCUT2D eigenvalue weighted by Gasteiger charge is 2.31. The molecule has 44 heavy (non-hydrogen) atoms. The summed E-state index contributed by atoms with van der Waals surface area (Å²) in [7, 11) is 0. The van der Waals surface area contributed by atoms with E-state index in [0.29, 0.717) is 31.8 Å². The number of rotatable bonds is 17. The number of hydrogen-bond donors (Lipinski definition) is 1. The van der Waals surface area contributed by atoms with E-state index < -0.39 is 29.9 Å². The van der Waals surface area contributed by atoms with Gasteiger partial charge in [-0.2, -0.15) is 13.2 Å². The average Bonchev–Trinajstić information content (AvgIpc) is 2.99. The average molecular weight is 622 g/mol. The summed E-state index contributed by atoms with van der Waals surface area (Å²) >= 11 is 0. The molecule has 0 saturated heterocycles. The molecular weight excluding hydrogens is 586 g/mol. The van der Waals surface area contributed by atoms with Crippen molar-refractivity contribution in [3.05, 3.63) is 95.3 Å². The Kier molecular flexibility index (Phi) is 13.4. The predicted molar refractivity (Wildman–Crippen MR) is 153 cm³/mol. The van der Waals surface area contributed by atoms with Gasteiger partial charge in [0.25, 0.3) is 0 Å². The Labute approximate surface area is 253 Å². The summed E-state index contributed by atoms with van der Waals surface area (Å²) in [5, 5.41) is 9.27. The lowest BCUT2D eigenvalue weighted by Crippen LogP contribution is -2.37. The standard InChI is InChI=1S/C32H35F4NO7/c1-2-42-29(30(38)39)20-23-10-14-27(15-11-23)43-19-17-37(16-3-4-18-41-22-24-8-12-26(33)13-9-24)31(40)44-28-7-5-6-25(21-28)32(34,35)36/h5-15,21,29H,2-4,16-20,22H2,1H3,(H,38,39). The maximum Gasteiger partial charge on any atom is 0.416 e. The van der Waals surface area contributed by atoms with E-state index in [9.17, 15) is 32.3 Å². The van der Waals surface area contributed by atoms with E-state index in [0.717, 1.165) is 29.3 Å². The quantitative estimate of drug-likeness (QED) is 0.132. The van der Waals surface area contributed by atoms with E-state index in [1.165, 1.54) is 23.1 Å². The summed E-state index contributed by atoms with van der Waals surface area (Å²) < 4.78 is 74.3. The number of carbonyl (C=O) groups is 2. The van der Waals surface area contributed by atoms with Crippen LogP contribution in [-0.4, -0.2) is 61.1 Å². The molecule has 1 amide bonds. The van der Waals surface area contributed by atoms with Crippen molar-refractivity contribution in [3.63, 3.8) is 0 Å². The van der Waals surface area contributed by atoms with Crippen molar-refractivity contribution in [1.29, 1.82) is 0 Å². The smallest absolute Gasteiger partial charge is 0.416 e. The number of carboxylic acids is 1. The highest BCUT2D eigenvalue weighted by Crippen LogP contribution is 2.31. The molecule has 0 radical (unpaired) electrons. The maximum atomic E-state index is 13.1.